The van der Waals surface area contributed by atoms with Gasteiger partial charge in [-0.2, -0.15) is 5.10 Å². The summed E-state index contributed by atoms with van der Waals surface area (Å²) in [7, 11) is 0. The number of H-pyrrole nitrogens is 1. The molecule has 20 heavy (non-hydrogen) atoms. The van der Waals surface area contributed by atoms with Gasteiger partial charge in [0.05, 0.1) is 5.52 Å². The van der Waals surface area contributed by atoms with Crippen LogP contribution in [0.15, 0.2) is 24.3 Å². The van der Waals surface area contributed by atoms with Crippen LogP contribution in [0.2, 0.25) is 0 Å². The lowest BCUT2D eigenvalue weighted by Crippen LogP contribution is -2.33. The number of carbonyl (C=O) groups excluding carboxylic acids is 1. The average Bonchev–Trinajstić information content (AvgIpc) is 3.05. The van der Waals surface area contributed by atoms with E-state index >= 15 is 0 Å². The van der Waals surface area contributed by atoms with Gasteiger partial charge < -0.3 is 10.6 Å². The number of para-hydroxylation sites is 1. The van der Waals surface area contributed by atoms with Gasteiger partial charge in [-0.15, -0.1) is 12.4 Å². The van der Waals surface area contributed by atoms with Crippen LogP contribution in [0, 0.1) is 5.92 Å². The van der Waals surface area contributed by atoms with Gasteiger partial charge in [0.25, 0.3) is 5.91 Å². The predicted octanol–water partition coefficient (Wildman–Crippen LogP) is 1.79. The molecule has 0 saturated carbocycles. The van der Waals surface area contributed by atoms with E-state index in [0.717, 1.165) is 30.4 Å². The van der Waals surface area contributed by atoms with Crippen LogP contribution >= 0.6 is 12.4 Å². The Kier molecular flexibility index (Phi) is 4.30. The molecule has 1 saturated heterocycles. The van der Waals surface area contributed by atoms with E-state index in [1.165, 1.54) is 0 Å². The number of halogens is 1. The largest absolute Gasteiger partial charge is 0.337 e. The lowest BCUT2D eigenvalue weighted by atomic mass is 10.0. The van der Waals surface area contributed by atoms with Crippen LogP contribution in [0.3, 0.4) is 0 Å². The number of amides is 1. The summed E-state index contributed by atoms with van der Waals surface area (Å²) in [4.78, 5) is 14.4. The molecule has 2 unspecified atom stereocenters. The van der Waals surface area contributed by atoms with Crippen molar-refractivity contribution in [1.82, 2.24) is 15.1 Å². The van der Waals surface area contributed by atoms with Gasteiger partial charge in [0.1, 0.15) is 0 Å². The number of rotatable bonds is 2. The summed E-state index contributed by atoms with van der Waals surface area (Å²) in [6, 6.07) is 7.83. The lowest BCUT2D eigenvalue weighted by molar-refractivity contribution is 0.0782. The van der Waals surface area contributed by atoms with E-state index in [9.17, 15) is 4.79 Å². The van der Waals surface area contributed by atoms with Crippen LogP contribution in [0.1, 0.15) is 23.8 Å². The fourth-order valence-electron chi connectivity index (χ4n) is 2.68. The molecule has 1 amide bonds. The maximum absolute atomic E-state index is 12.5. The summed E-state index contributed by atoms with van der Waals surface area (Å²) in [5, 5.41) is 7.95. The minimum absolute atomic E-state index is 0. The van der Waals surface area contributed by atoms with E-state index < -0.39 is 0 Å². The summed E-state index contributed by atoms with van der Waals surface area (Å²) in [5.74, 6) is 0.398. The van der Waals surface area contributed by atoms with E-state index in [-0.39, 0.29) is 24.4 Å². The first-order valence-corrected chi connectivity index (χ1v) is 6.65. The number of hydrogen-bond acceptors (Lipinski definition) is 3. The number of aromatic nitrogens is 2. The fraction of sp³-hybridized carbons (Fsp3) is 0.429. The second-order valence-corrected chi connectivity index (χ2v) is 5.28. The molecule has 0 spiro atoms. The number of aromatic amines is 1. The van der Waals surface area contributed by atoms with E-state index in [1.54, 1.807) is 0 Å². The summed E-state index contributed by atoms with van der Waals surface area (Å²) in [6.45, 7) is 3.51. The summed E-state index contributed by atoms with van der Waals surface area (Å²) < 4.78 is 0. The van der Waals surface area contributed by atoms with E-state index in [0.29, 0.717) is 11.6 Å². The highest BCUT2D eigenvalue weighted by molar-refractivity contribution is 6.04. The molecule has 1 aromatic carbocycles. The predicted molar refractivity (Wildman–Crippen MR) is 81.0 cm³/mol. The zero-order valence-corrected chi connectivity index (χ0v) is 12.2. The second kappa shape index (κ2) is 5.81. The van der Waals surface area contributed by atoms with Crippen LogP contribution in [0.25, 0.3) is 10.9 Å². The Bertz CT molecular complexity index is 610. The molecule has 0 radical (unpaired) electrons. The van der Waals surface area contributed by atoms with Crippen molar-refractivity contribution >= 4 is 29.2 Å². The normalized spacial score (nSPS) is 19.9. The number of likely N-dealkylation sites (tertiary alicyclic amines) is 1. The number of carbonyl (C=O) groups is 1. The second-order valence-electron chi connectivity index (χ2n) is 5.28. The van der Waals surface area contributed by atoms with Gasteiger partial charge in [0, 0.05) is 24.5 Å². The van der Waals surface area contributed by atoms with Crippen molar-refractivity contribution < 1.29 is 4.79 Å². The van der Waals surface area contributed by atoms with Gasteiger partial charge in [0.15, 0.2) is 5.69 Å². The quantitative estimate of drug-likeness (QED) is 0.887. The van der Waals surface area contributed by atoms with Crippen LogP contribution in [-0.4, -0.2) is 40.1 Å². The molecule has 1 aliphatic rings. The van der Waals surface area contributed by atoms with Crippen LogP contribution < -0.4 is 5.73 Å². The first-order valence-electron chi connectivity index (χ1n) is 6.65. The smallest absolute Gasteiger partial charge is 0.275 e. The molecule has 0 bridgehead atoms. The molecule has 0 aliphatic carbocycles. The molecule has 1 fully saturated rings. The maximum Gasteiger partial charge on any atom is 0.275 e. The zero-order chi connectivity index (χ0) is 13.4. The Hall–Kier alpha value is -1.59. The van der Waals surface area contributed by atoms with Crippen molar-refractivity contribution in [2.75, 3.05) is 13.1 Å². The number of nitrogens with one attached hydrogen (secondary N) is 1. The average molecular weight is 295 g/mol. The topological polar surface area (TPSA) is 75.0 Å². The Morgan fingerprint density at radius 1 is 1.50 bits per heavy atom. The molecule has 6 heteroatoms. The monoisotopic (exact) mass is 294 g/mol. The number of nitrogens with zero attached hydrogens (tertiary/aromatic N) is 2. The van der Waals surface area contributed by atoms with Crippen molar-refractivity contribution in [2.24, 2.45) is 11.7 Å². The van der Waals surface area contributed by atoms with Gasteiger partial charge in [-0.05, 0) is 25.3 Å². The van der Waals surface area contributed by atoms with E-state index in [2.05, 4.69) is 10.2 Å². The third-order valence-electron chi connectivity index (χ3n) is 3.93. The minimum atomic E-state index is 0. The fourth-order valence-corrected chi connectivity index (χ4v) is 2.68. The van der Waals surface area contributed by atoms with Crippen molar-refractivity contribution in [1.29, 1.82) is 0 Å². The third-order valence-corrected chi connectivity index (χ3v) is 3.93. The lowest BCUT2D eigenvalue weighted by Gasteiger charge is -2.17. The van der Waals surface area contributed by atoms with Gasteiger partial charge >= 0.3 is 0 Å². The Morgan fingerprint density at radius 2 is 2.25 bits per heavy atom. The molecule has 2 atom stereocenters. The number of nitrogens with two attached hydrogens (primary N) is 1. The zero-order valence-electron chi connectivity index (χ0n) is 11.4. The molecule has 108 valence electrons. The van der Waals surface area contributed by atoms with Gasteiger partial charge in [-0.1, -0.05) is 18.2 Å². The standard InChI is InChI=1S/C14H18N4O.ClH/c1-9(15)10-6-7-18(8-10)14(19)13-11-4-2-3-5-12(11)16-17-13;/h2-5,9-10H,6-8,15H2,1H3,(H,16,17);1H. The Morgan fingerprint density at radius 3 is 2.95 bits per heavy atom. The van der Waals surface area contributed by atoms with Crippen molar-refractivity contribution in [3.63, 3.8) is 0 Å². The molecule has 2 heterocycles. The van der Waals surface area contributed by atoms with E-state index in [1.807, 2.05) is 36.1 Å². The third kappa shape index (κ3) is 2.51. The highest BCUT2D eigenvalue weighted by Crippen LogP contribution is 2.23. The molecule has 3 N–H and O–H groups in total. The first-order chi connectivity index (χ1) is 9.16. The highest BCUT2D eigenvalue weighted by Gasteiger charge is 2.30. The van der Waals surface area contributed by atoms with Gasteiger partial charge in [-0.25, -0.2) is 0 Å². The van der Waals surface area contributed by atoms with Crippen molar-refractivity contribution in [2.45, 2.75) is 19.4 Å². The molecular weight excluding hydrogens is 276 g/mol. The first kappa shape index (κ1) is 14.8. The molecule has 1 aliphatic heterocycles. The Balaban J connectivity index is 0.00000147. The molecule has 2 aromatic rings. The number of fused-ring (bicyclic) bond motifs is 1. The highest BCUT2D eigenvalue weighted by atomic mass is 35.5. The molecular formula is C14H19ClN4O. The maximum atomic E-state index is 12.5. The van der Waals surface area contributed by atoms with Crippen molar-refractivity contribution in [3.8, 4) is 0 Å². The molecule has 3 rings (SSSR count). The van der Waals surface area contributed by atoms with Gasteiger partial charge in [-0.3, -0.25) is 9.89 Å². The summed E-state index contributed by atoms with van der Waals surface area (Å²) in [6.07, 6.45) is 0.978. The number of benzene rings is 1. The summed E-state index contributed by atoms with van der Waals surface area (Å²) >= 11 is 0. The molecule has 1 aromatic heterocycles. The van der Waals surface area contributed by atoms with E-state index in [4.69, 9.17) is 5.73 Å². The molecule has 5 nitrogen and oxygen atoms in total. The number of hydrogen-bond donors (Lipinski definition) is 2. The Labute approximate surface area is 123 Å². The summed E-state index contributed by atoms with van der Waals surface area (Å²) in [5.41, 5.74) is 7.32. The SMILES string of the molecule is CC(N)C1CCN(C(=O)c2n[nH]c3ccccc23)C1.Cl. The minimum Gasteiger partial charge on any atom is -0.337 e. The van der Waals surface area contributed by atoms with Crippen LogP contribution in [0.5, 0.6) is 0 Å². The van der Waals surface area contributed by atoms with Crippen molar-refractivity contribution in [3.05, 3.63) is 30.0 Å². The van der Waals surface area contributed by atoms with Crippen LogP contribution in [-0.2, 0) is 0 Å². The van der Waals surface area contributed by atoms with Gasteiger partial charge in [0.2, 0.25) is 0 Å². The van der Waals surface area contributed by atoms with Crippen LogP contribution in [0.4, 0.5) is 0 Å².